The Labute approximate surface area is 329 Å². The molecule has 0 saturated carbocycles. The van der Waals surface area contributed by atoms with E-state index in [-0.39, 0.29) is 0 Å². The maximum atomic E-state index is 9.31. The fourth-order valence-electron chi connectivity index (χ4n) is 7.72. The highest BCUT2D eigenvalue weighted by atomic mass is 16.3. The number of nitriles is 1. The van der Waals surface area contributed by atoms with Crippen molar-refractivity contribution < 1.29 is 4.42 Å². The van der Waals surface area contributed by atoms with Crippen LogP contribution in [0, 0.1) is 11.3 Å². The maximum absolute atomic E-state index is 9.31. The molecule has 0 bridgehead atoms. The Morgan fingerprint density at radius 3 is 1.23 bits per heavy atom. The summed E-state index contributed by atoms with van der Waals surface area (Å²) < 4.78 is 6.98. The lowest BCUT2D eigenvalue weighted by atomic mass is 9.90. The van der Waals surface area contributed by atoms with E-state index in [9.17, 15) is 5.26 Å². The lowest BCUT2D eigenvalue weighted by molar-refractivity contribution is 0.671. The van der Waals surface area contributed by atoms with Crippen LogP contribution in [0.15, 0.2) is 199 Å². The van der Waals surface area contributed by atoms with E-state index < -0.39 is 0 Å². The van der Waals surface area contributed by atoms with Gasteiger partial charge in [0.2, 0.25) is 0 Å². The zero-order valence-electron chi connectivity index (χ0n) is 30.7. The summed E-state index contributed by atoms with van der Waals surface area (Å²) in [6.07, 6.45) is 11.1. The Bertz CT molecular complexity index is 3050. The summed E-state index contributed by atoms with van der Waals surface area (Å²) in [6.45, 7) is 0. The van der Waals surface area contributed by atoms with Crippen molar-refractivity contribution in [2.45, 2.75) is 0 Å². The van der Waals surface area contributed by atoms with Crippen LogP contribution >= 0.6 is 0 Å². The molecule has 5 heteroatoms. The third-order valence-electron chi connectivity index (χ3n) is 10.5. The zero-order valence-corrected chi connectivity index (χ0v) is 30.7. The smallest absolute Gasteiger partial charge is 0.143 e. The lowest BCUT2D eigenvalue weighted by Gasteiger charge is -2.14. The van der Waals surface area contributed by atoms with Crippen LogP contribution in [0.2, 0.25) is 0 Å². The number of benzene rings is 6. The standard InChI is InChI=1S/C52H32N4O/c53-30-34-16-18-35(19-17-34)36-7-1-8-37(23-36)47-12-2-14-49-50-15-3-13-48(52(50)57-51(47)49)46-28-43(40-11-6-22-56-33-40)27-45(29-46)44-25-41(38-9-4-20-54-31-38)24-42(26-44)39-10-5-21-55-32-39/h1-29,31-33H. The number of nitrogens with zero attached hydrogens (tertiary/aromatic N) is 4. The van der Waals surface area contributed by atoms with Gasteiger partial charge in [-0.25, -0.2) is 0 Å². The predicted octanol–water partition coefficient (Wildman–Crippen LogP) is 13.3. The van der Waals surface area contributed by atoms with Crippen LogP contribution in [0.1, 0.15) is 5.56 Å². The van der Waals surface area contributed by atoms with Crippen molar-refractivity contribution in [2.75, 3.05) is 0 Å². The van der Waals surface area contributed by atoms with Gasteiger partial charge >= 0.3 is 0 Å². The lowest BCUT2D eigenvalue weighted by Crippen LogP contribution is -1.90. The van der Waals surface area contributed by atoms with Gasteiger partial charge in [0, 0.05) is 75.8 Å². The summed E-state index contributed by atoms with van der Waals surface area (Å²) in [6, 6.07) is 56.8. The van der Waals surface area contributed by atoms with Gasteiger partial charge < -0.3 is 4.42 Å². The molecule has 0 aliphatic rings. The molecule has 4 aromatic heterocycles. The molecule has 10 aromatic rings. The zero-order chi connectivity index (χ0) is 38.1. The number of hydrogen-bond acceptors (Lipinski definition) is 5. The molecule has 10 rings (SSSR count). The van der Waals surface area contributed by atoms with E-state index >= 15 is 0 Å². The minimum atomic E-state index is 0.642. The van der Waals surface area contributed by atoms with E-state index in [0.717, 1.165) is 99.8 Å². The molecule has 4 heterocycles. The third-order valence-corrected chi connectivity index (χ3v) is 10.5. The second kappa shape index (κ2) is 14.4. The number of aromatic nitrogens is 3. The Morgan fingerprint density at radius 2 is 0.754 bits per heavy atom. The van der Waals surface area contributed by atoms with E-state index in [1.54, 1.807) is 18.6 Å². The molecule has 5 nitrogen and oxygen atoms in total. The Kier molecular flexibility index (Phi) is 8.48. The molecule has 266 valence electrons. The second-order valence-corrected chi connectivity index (χ2v) is 14.1. The molecular formula is C52H32N4O. The van der Waals surface area contributed by atoms with Crippen LogP contribution in [0.4, 0.5) is 0 Å². The van der Waals surface area contributed by atoms with Gasteiger partial charge in [0.05, 0.1) is 11.6 Å². The van der Waals surface area contributed by atoms with Crippen molar-refractivity contribution in [3.63, 3.8) is 0 Å². The van der Waals surface area contributed by atoms with Crippen molar-refractivity contribution in [3.8, 4) is 84.0 Å². The Hall–Kier alpha value is -7.94. The summed E-state index contributed by atoms with van der Waals surface area (Å²) in [5.74, 6) is 0. The predicted molar refractivity (Wildman–Crippen MR) is 230 cm³/mol. The van der Waals surface area contributed by atoms with Gasteiger partial charge in [0.1, 0.15) is 11.2 Å². The average molecular weight is 729 g/mol. The summed E-state index contributed by atoms with van der Waals surface area (Å²) in [7, 11) is 0. The van der Waals surface area contributed by atoms with Crippen LogP contribution in [-0.2, 0) is 0 Å². The summed E-state index contributed by atoms with van der Waals surface area (Å²) >= 11 is 0. The van der Waals surface area contributed by atoms with Gasteiger partial charge in [0.15, 0.2) is 0 Å². The summed E-state index contributed by atoms with van der Waals surface area (Å²) in [5.41, 5.74) is 17.0. The molecule has 0 unspecified atom stereocenters. The molecule has 57 heavy (non-hydrogen) atoms. The highest BCUT2D eigenvalue weighted by Crippen LogP contribution is 2.43. The fourth-order valence-corrected chi connectivity index (χ4v) is 7.72. The van der Waals surface area contributed by atoms with E-state index in [1.165, 1.54) is 0 Å². The number of pyridine rings is 3. The third kappa shape index (κ3) is 6.42. The van der Waals surface area contributed by atoms with Gasteiger partial charge in [-0.1, -0.05) is 84.9 Å². The first-order valence-electron chi connectivity index (χ1n) is 18.8. The van der Waals surface area contributed by atoms with Crippen LogP contribution in [-0.4, -0.2) is 15.0 Å². The van der Waals surface area contributed by atoms with Gasteiger partial charge in [-0.2, -0.15) is 5.26 Å². The first-order chi connectivity index (χ1) is 28.2. The van der Waals surface area contributed by atoms with Crippen molar-refractivity contribution in [3.05, 3.63) is 200 Å². The highest BCUT2D eigenvalue weighted by molar-refractivity contribution is 6.13. The topological polar surface area (TPSA) is 75.6 Å². The van der Waals surface area contributed by atoms with Crippen molar-refractivity contribution >= 4 is 21.9 Å². The normalized spacial score (nSPS) is 11.1. The Balaban J connectivity index is 1.15. The monoisotopic (exact) mass is 728 g/mol. The van der Waals surface area contributed by atoms with Gasteiger partial charge in [-0.3, -0.25) is 15.0 Å². The van der Waals surface area contributed by atoms with Crippen LogP contribution in [0.3, 0.4) is 0 Å². The molecular weight excluding hydrogens is 697 g/mol. The summed E-state index contributed by atoms with van der Waals surface area (Å²) in [4.78, 5) is 13.3. The number of furan rings is 1. The summed E-state index contributed by atoms with van der Waals surface area (Å²) in [5, 5.41) is 11.4. The first-order valence-corrected chi connectivity index (χ1v) is 18.8. The van der Waals surface area contributed by atoms with Gasteiger partial charge in [-0.05, 0) is 123 Å². The average Bonchev–Trinajstić information content (AvgIpc) is 3.69. The molecule has 0 spiro atoms. The van der Waals surface area contributed by atoms with E-state index in [2.05, 4.69) is 136 Å². The molecule has 0 amide bonds. The number of hydrogen-bond donors (Lipinski definition) is 0. The Morgan fingerprint density at radius 1 is 0.351 bits per heavy atom. The number of para-hydroxylation sites is 2. The largest absolute Gasteiger partial charge is 0.455 e. The maximum Gasteiger partial charge on any atom is 0.143 e. The van der Waals surface area contributed by atoms with Crippen LogP contribution in [0.25, 0.3) is 99.8 Å². The molecule has 0 N–H and O–H groups in total. The quantitative estimate of drug-likeness (QED) is 0.163. The van der Waals surface area contributed by atoms with Gasteiger partial charge in [-0.15, -0.1) is 0 Å². The molecule has 0 atom stereocenters. The van der Waals surface area contributed by atoms with Crippen molar-refractivity contribution in [1.29, 1.82) is 5.26 Å². The minimum absolute atomic E-state index is 0.642. The van der Waals surface area contributed by atoms with Gasteiger partial charge in [0.25, 0.3) is 0 Å². The van der Waals surface area contributed by atoms with Crippen LogP contribution in [0.5, 0.6) is 0 Å². The molecule has 0 saturated heterocycles. The molecule has 0 fully saturated rings. The number of rotatable bonds is 7. The molecule has 0 aliphatic carbocycles. The van der Waals surface area contributed by atoms with E-state index in [1.807, 2.05) is 61.1 Å². The first kappa shape index (κ1) is 33.6. The van der Waals surface area contributed by atoms with Crippen molar-refractivity contribution in [1.82, 2.24) is 15.0 Å². The minimum Gasteiger partial charge on any atom is -0.455 e. The van der Waals surface area contributed by atoms with Crippen LogP contribution < -0.4 is 0 Å². The molecule has 6 aromatic carbocycles. The highest BCUT2D eigenvalue weighted by Gasteiger charge is 2.18. The molecule has 0 aliphatic heterocycles. The van der Waals surface area contributed by atoms with E-state index in [0.29, 0.717) is 5.56 Å². The second-order valence-electron chi connectivity index (χ2n) is 14.1. The number of fused-ring (bicyclic) bond motifs is 3. The fraction of sp³-hybridized carbons (Fsp3) is 0. The van der Waals surface area contributed by atoms with Crippen molar-refractivity contribution in [2.24, 2.45) is 0 Å². The van der Waals surface area contributed by atoms with E-state index in [4.69, 9.17) is 4.42 Å². The molecule has 0 radical (unpaired) electrons. The SMILES string of the molecule is N#Cc1ccc(-c2cccc(-c3cccc4c3oc3c(-c5cc(-c6cccnc6)cc(-c6cc(-c7cccnc7)cc(-c7cccnc7)c6)c5)cccc34)c2)cc1.